The third kappa shape index (κ3) is 9.54. The summed E-state index contributed by atoms with van der Waals surface area (Å²) in [5, 5.41) is 30.6. The van der Waals surface area contributed by atoms with Crippen LogP contribution >= 0.6 is 0 Å². The summed E-state index contributed by atoms with van der Waals surface area (Å²) in [5.41, 5.74) is 10.8. The number of amides is 2. The number of rotatable bonds is 13. The van der Waals surface area contributed by atoms with Crippen LogP contribution in [-0.2, 0) is 24.0 Å². The lowest BCUT2D eigenvalue weighted by atomic mass is 10.1. The normalized spacial score (nSPS) is 13.9. The highest BCUT2D eigenvalue weighted by molar-refractivity contribution is 5.93. The number of nitrogens with one attached hydrogen (secondary N) is 2. The predicted molar refractivity (Wildman–Crippen MR) is 86.9 cm³/mol. The Labute approximate surface area is 148 Å². The summed E-state index contributed by atoms with van der Waals surface area (Å²) in [6.45, 7) is 0.331. The van der Waals surface area contributed by atoms with Gasteiger partial charge in [0.05, 0.1) is 18.9 Å². The average Bonchev–Trinajstić information content (AvgIpc) is 2.51. The van der Waals surface area contributed by atoms with Gasteiger partial charge in [0.2, 0.25) is 11.8 Å². The van der Waals surface area contributed by atoms with Crippen LogP contribution in [0.3, 0.4) is 0 Å². The molecule has 148 valence electrons. The van der Waals surface area contributed by atoms with E-state index in [1.165, 1.54) is 0 Å². The Balaban J connectivity index is 5.05. The van der Waals surface area contributed by atoms with Gasteiger partial charge >= 0.3 is 17.9 Å². The fraction of sp³-hybridized carbons (Fsp3) is 0.643. The van der Waals surface area contributed by atoms with E-state index in [9.17, 15) is 24.0 Å². The fourth-order valence-electron chi connectivity index (χ4n) is 1.97. The van der Waals surface area contributed by atoms with E-state index >= 15 is 0 Å². The van der Waals surface area contributed by atoms with Gasteiger partial charge in [-0.15, -0.1) is 0 Å². The van der Waals surface area contributed by atoms with Crippen LogP contribution in [0.2, 0.25) is 0 Å². The second-order valence-electron chi connectivity index (χ2n) is 5.55. The first kappa shape index (κ1) is 23.3. The molecule has 0 radical (unpaired) electrons. The van der Waals surface area contributed by atoms with E-state index in [0.717, 1.165) is 0 Å². The van der Waals surface area contributed by atoms with Crippen LogP contribution < -0.4 is 22.1 Å². The van der Waals surface area contributed by atoms with Gasteiger partial charge in [0, 0.05) is 0 Å². The van der Waals surface area contributed by atoms with Crippen molar-refractivity contribution in [1.82, 2.24) is 10.6 Å². The second kappa shape index (κ2) is 11.8. The van der Waals surface area contributed by atoms with E-state index in [0.29, 0.717) is 19.4 Å². The highest BCUT2D eigenvalue weighted by Crippen LogP contribution is 2.04. The molecular weight excluding hydrogens is 352 g/mol. The smallest absolute Gasteiger partial charge is 0.326 e. The molecule has 0 saturated carbocycles. The Kier molecular flexibility index (Phi) is 10.5. The van der Waals surface area contributed by atoms with Gasteiger partial charge in [-0.25, -0.2) is 4.79 Å². The van der Waals surface area contributed by atoms with Crippen LogP contribution in [0.15, 0.2) is 0 Å². The van der Waals surface area contributed by atoms with Gasteiger partial charge in [-0.2, -0.15) is 0 Å². The highest BCUT2D eigenvalue weighted by Gasteiger charge is 2.29. The molecule has 3 unspecified atom stereocenters. The molecule has 3 atom stereocenters. The molecule has 0 aromatic heterocycles. The van der Waals surface area contributed by atoms with Crippen molar-refractivity contribution in [3.05, 3.63) is 0 Å². The molecule has 12 heteroatoms. The van der Waals surface area contributed by atoms with Gasteiger partial charge in [-0.1, -0.05) is 0 Å². The zero-order valence-corrected chi connectivity index (χ0v) is 14.0. The second-order valence-corrected chi connectivity index (χ2v) is 5.55. The topological polar surface area (TPSA) is 222 Å². The van der Waals surface area contributed by atoms with Crippen molar-refractivity contribution >= 4 is 29.7 Å². The predicted octanol–water partition coefficient (Wildman–Crippen LogP) is -2.55. The maximum atomic E-state index is 12.2. The molecule has 0 aromatic carbocycles. The number of unbranched alkanes of at least 4 members (excludes halogenated alkanes) is 1. The van der Waals surface area contributed by atoms with E-state index < -0.39 is 60.7 Å². The molecule has 0 aliphatic carbocycles. The van der Waals surface area contributed by atoms with Gasteiger partial charge in [0.1, 0.15) is 12.1 Å². The molecular formula is C14H24N4O8. The summed E-state index contributed by atoms with van der Waals surface area (Å²) >= 11 is 0. The first-order chi connectivity index (χ1) is 12.1. The van der Waals surface area contributed by atoms with Crippen molar-refractivity contribution in [2.24, 2.45) is 11.5 Å². The quantitative estimate of drug-likeness (QED) is 0.167. The van der Waals surface area contributed by atoms with E-state index in [1.54, 1.807) is 0 Å². The van der Waals surface area contributed by atoms with E-state index in [-0.39, 0.29) is 6.42 Å². The molecule has 2 amide bonds. The largest absolute Gasteiger partial charge is 0.481 e. The molecule has 0 saturated heterocycles. The van der Waals surface area contributed by atoms with Crippen molar-refractivity contribution in [2.45, 2.75) is 50.2 Å². The lowest BCUT2D eigenvalue weighted by Crippen LogP contribution is -2.55. The first-order valence-electron chi connectivity index (χ1n) is 7.81. The number of aliphatic carboxylic acids is 3. The monoisotopic (exact) mass is 376 g/mol. The summed E-state index contributed by atoms with van der Waals surface area (Å²) in [6.07, 6.45) is -0.463. The molecule has 26 heavy (non-hydrogen) atoms. The van der Waals surface area contributed by atoms with E-state index in [4.69, 9.17) is 26.8 Å². The van der Waals surface area contributed by atoms with Gasteiger partial charge in [0.15, 0.2) is 0 Å². The van der Waals surface area contributed by atoms with Crippen LogP contribution in [0.5, 0.6) is 0 Å². The molecule has 9 N–H and O–H groups in total. The van der Waals surface area contributed by atoms with Crippen LogP contribution in [0.25, 0.3) is 0 Å². The SMILES string of the molecule is NCCCCC(NC(=O)C(N)CC(=O)O)C(=O)NC(CC(=O)O)C(=O)O. The molecule has 0 aliphatic heterocycles. The fourth-order valence-corrected chi connectivity index (χ4v) is 1.97. The highest BCUT2D eigenvalue weighted by atomic mass is 16.4. The first-order valence-corrected chi connectivity index (χ1v) is 7.81. The summed E-state index contributed by atoms with van der Waals surface area (Å²) in [7, 11) is 0. The number of carbonyl (C=O) groups excluding carboxylic acids is 2. The number of carboxylic acids is 3. The minimum absolute atomic E-state index is 0.0912. The summed E-state index contributed by atoms with van der Waals surface area (Å²) in [5.74, 6) is -6.08. The van der Waals surface area contributed by atoms with E-state index in [2.05, 4.69) is 5.32 Å². The summed E-state index contributed by atoms with van der Waals surface area (Å²) in [6, 6.07) is -4.28. The Morgan fingerprint density at radius 3 is 1.81 bits per heavy atom. The van der Waals surface area contributed by atoms with Crippen molar-refractivity contribution in [2.75, 3.05) is 6.54 Å². The number of nitrogens with two attached hydrogens (primary N) is 2. The maximum absolute atomic E-state index is 12.2. The van der Waals surface area contributed by atoms with Crippen LogP contribution in [-0.4, -0.2) is 69.7 Å². The number of carbonyl (C=O) groups is 5. The minimum atomic E-state index is -1.68. The molecule has 0 fully saturated rings. The molecule has 0 aromatic rings. The van der Waals surface area contributed by atoms with Gasteiger partial charge in [-0.05, 0) is 25.8 Å². The van der Waals surface area contributed by atoms with Gasteiger partial charge in [0.25, 0.3) is 0 Å². The zero-order valence-electron chi connectivity index (χ0n) is 14.0. The van der Waals surface area contributed by atoms with Crippen molar-refractivity contribution in [1.29, 1.82) is 0 Å². The Hall–Kier alpha value is -2.73. The Morgan fingerprint density at radius 1 is 0.808 bits per heavy atom. The number of hydrogen-bond donors (Lipinski definition) is 7. The average molecular weight is 376 g/mol. The minimum Gasteiger partial charge on any atom is -0.481 e. The van der Waals surface area contributed by atoms with Gasteiger partial charge in [-0.3, -0.25) is 19.2 Å². The Morgan fingerprint density at radius 2 is 1.35 bits per heavy atom. The lowest BCUT2D eigenvalue weighted by molar-refractivity contribution is -0.147. The van der Waals surface area contributed by atoms with Crippen molar-refractivity contribution in [3.63, 3.8) is 0 Å². The van der Waals surface area contributed by atoms with Gasteiger partial charge < -0.3 is 37.4 Å². The third-order valence-electron chi connectivity index (χ3n) is 3.30. The molecule has 0 rings (SSSR count). The van der Waals surface area contributed by atoms with Crippen molar-refractivity contribution < 1.29 is 39.3 Å². The third-order valence-corrected chi connectivity index (χ3v) is 3.30. The summed E-state index contributed by atoms with van der Waals surface area (Å²) in [4.78, 5) is 56.5. The molecule has 12 nitrogen and oxygen atoms in total. The Bertz CT molecular complexity index is 539. The number of hydrogen-bond acceptors (Lipinski definition) is 7. The van der Waals surface area contributed by atoms with E-state index in [1.807, 2.05) is 5.32 Å². The lowest BCUT2D eigenvalue weighted by Gasteiger charge is -2.22. The van der Waals surface area contributed by atoms with Crippen LogP contribution in [0, 0.1) is 0 Å². The number of carboxylic acid groups (broad SMARTS) is 3. The zero-order chi connectivity index (χ0) is 20.3. The molecule has 0 bridgehead atoms. The molecule has 0 aliphatic rings. The molecule has 0 spiro atoms. The summed E-state index contributed by atoms with van der Waals surface area (Å²) < 4.78 is 0. The van der Waals surface area contributed by atoms with Crippen LogP contribution in [0.4, 0.5) is 0 Å². The standard InChI is InChI=1S/C14H24N4O8/c15-4-2-1-3-8(17-12(23)7(16)5-10(19)20)13(24)18-9(14(25)26)6-11(21)22/h7-9H,1-6,15-16H2,(H,17,23)(H,18,24)(H,19,20)(H,21,22)(H,25,26). The van der Waals surface area contributed by atoms with Crippen LogP contribution in [0.1, 0.15) is 32.1 Å². The molecule has 0 heterocycles. The maximum Gasteiger partial charge on any atom is 0.326 e. The van der Waals surface area contributed by atoms with Crippen molar-refractivity contribution in [3.8, 4) is 0 Å².